The van der Waals surface area contributed by atoms with Gasteiger partial charge in [0.2, 0.25) is 0 Å². The molecule has 42 heavy (non-hydrogen) atoms. The molecule has 1 unspecified atom stereocenters. The number of hydrogen-bond acceptors (Lipinski definition) is 4. The summed E-state index contributed by atoms with van der Waals surface area (Å²) in [5.41, 5.74) is 8.81. The number of para-hydroxylation sites is 2. The first-order valence-electron chi connectivity index (χ1n) is 14.0. The Kier molecular flexibility index (Phi) is 6.56. The number of anilines is 1. The number of non-ortho nitro benzene ring substituents is 1. The fraction of sp³-hybridized carbons (Fsp3) is 0.0833. The topological polar surface area (TPSA) is 63.7 Å². The molecule has 1 aromatic heterocycles. The molecule has 204 valence electrons. The summed E-state index contributed by atoms with van der Waals surface area (Å²) in [5.74, 6) is 0. The Morgan fingerprint density at radius 2 is 1.33 bits per heavy atom. The summed E-state index contributed by atoms with van der Waals surface area (Å²) >= 11 is 0. The van der Waals surface area contributed by atoms with E-state index in [1.165, 1.54) is 27.7 Å². The summed E-state index contributed by atoms with van der Waals surface area (Å²) in [5, 5.41) is 19.8. The number of nitro benzene ring substituents is 1. The van der Waals surface area contributed by atoms with Crippen LogP contribution in [0.5, 0.6) is 0 Å². The van der Waals surface area contributed by atoms with E-state index in [0.717, 1.165) is 29.1 Å². The Labute approximate surface area is 243 Å². The van der Waals surface area contributed by atoms with Gasteiger partial charge in [0.25, 0.3) is 5.69 Å². The lowest BCUT2D eigenvalue weighted by Gasteiger charge is -2.25. The highest BCUT2D eigenvalue weighted by Gasteiger charge is 2.35. The second-order valence-corrected chi connectivity index (χ2v) is 10.5. The third-order valence-electron chi connectivity index (χ3n) is 7.92. The van der Waals surface area contributed by atoms with E-state index in [2.05, 4.69) is 101 Å². The van der Waals surface area contributed by atoms with Crippen LogP contribution in [-0.4, -0.2) is 15.2 Å². The van der Waals surface area contributed by atoms with Gasteiger partial charge in [-0.3, -0.25) is 15.1 Å². The maximum Gasteiger partial charge on any atom is 0.269 e. The van der Waals surface area contributed by atoms with Crippen molar-refractivity contribution in [1.29, 1.82) is 0 Å². The Bertz CT molecular complexity index is 1900. The van der Waals surface area contributed by atoms with Crippen molar-refractivity contribution in [3.63, 3.8) is 0 Å². The van der Waals surface area contributed by atoms with Crippen molar-refractivity contribution < 1.29 is 4.92 Å². The molecule has 0 radical (unpaired) electrons. The molecule has 6 nitrogen and oxygen atoms in total. The van der Waals surface area contributed by atoms with Crippen molar-refractivity contribution in [3.8, 4) is 11.3 Å². The summed E-state index contributed by atoms with van der Waals surface area (Å²) in [6.07, 6.45) is 0.659. The maximum absolute atomic E-state index is 11.3. The highest BCUT2D eigenvalue weighted by Crippen LogP contribution is 2.45. The quantitative estimate of drug-likeness (QED) is 0.148. The molecule has 0 bridgehead atoms. The minimum atomic E-state index is -0.368. The van der Waals surface area contributed by atoms with Crippen LogP contribution in [0.1, 0.15) is 29.2 Å². The van der Waals surface area contributed by atoms with Gasteiger partial charge in [0.1, 0.15) is 0 Å². The lowest BCUT2D eigenvalue weighted by molar-refractivity contribution is -0.384. The van der Waals surface area contributed by atoms with Crippen molar-refractivity contribution >= 4 is 28.0 Å². The Hall–Kier alpha value is -5.49. The van der Waals surface area contributed by atoms with Gasteiger partial charge in [-0.1, -0.05) is 97.1 Å². The van der Waals surface area contributed by atoms with Crippen molar-refractivity contribution in [1.82, 2.24) is 4.57 Å². The van der Waals surface area contributed by atoms with E-state index >= 15 is 0 Å². The molecule has 1 aliphatic heterocycles. The van der Waals surface area contributed by atoms with Gasteiger partial charge in [-0.2, -0.15) is 5.10 Å². The highest BCUT2D eigenvalue weighted by atomic mass is 16.6. The van der Waals surface area contributed by atoms with Gasteiger partial charge in [0.15, 0.2) is 0 Å². The molecule has 0 saturated heterocycles. The van der Waals surface area contributed by atoms with Gasteiger partial charge < -0.3 is 4.57 Å². The number of nitrogens with zero attached hydrogens (tertiary/aromatic N) is 4. The molecule has 6 heteroatoms. The van der Waals surface area contributed by atoms with Crippen molar-refractivity contribution in [2.75, 3.05) is 5.01 Å². The SMILES string of the molecule is O=[N+]([O-])c1ccc(C2=NN(c3ccccc3)C(c3c(-c4ccccc4)n(Cc4ccccc4)c4ccccc34)C2)cc1. The van der Waals surface area contributed by atoms with E-state index in [0.29, 0.717) is 6.42 Å². The third kappa shape index (κ3) is 4.63. The summed E-state index contributed by atoms with van der Waals surface area (Å²) in [7, 11) is 0. The van der Waals surface area contributed by atoms with Crippen LogP contribution in [0.3, 0.4) is 0 Å². The zero-order chi connectivity index (χ0) is 28.5. The van der Waals surface area contributed by atoms with Gasteiger partial charge in [-0.05, 0) is 47.0 Å². The van der Waals surface area contributed by atoms with E-state index in [1.54, 1.807) is 24.3 Å². The fourth-order valence-electron chi connectivity index (χ4n) is 6.01. The second kappa shape index (κ2) is 10.8. The molecule has 1 atom stereocenters. The van der Waals surface area contributed by atoms with Gasteiger partial charge in [0.05, 0.1) is 28.1 Å². The smallest absolute Gasteiger partial charge is 0.269 e. The number of fused-ring (bicyclic) bond motifs is 1. The predicted octanol–water partition coefficient (Wildman–Crippen LogP) is 8.62. The monoisotopic (exact) mass is 548 g/mol. The van der Waals surface area contributed by atoms with Crippen LogP contribution in [0.15, 0.2) is 145 Å². The Morgan fingerprint density at radius 3 is 2.02 bits per heavy atom. The number of hydrogen-bond donors (Lipinski definition) is 0. The molecule has 0 fully saturated rings. The first-order chi connectivity index (χ1) is 20.7. The summed E-state index contributed by atoms with van der Waals surface area (Å²) in [6, 6.07) is 46.6. The summed E-state index contributed by atoms with van der Waals surface area (Å²) < 4.78 is 2.43. The zero-order valence-electron chi connectivity index (χ0n) is 22.9. The molecule has 6 aromatic rings. The van der Waals surface area contributed by atoms with Crippen LogP contribution in [0.25, 0.3) is 22.2 Å². The predicted molar refractivity (Wildman–Crippen MR) is 169 cm³/mol. The lowest BCUT2D eigenvalue weighted by Crippen LogP contribution is -2.19. The average Bonchev–Trinajstić information content (AvgIpc) is 3.62. The number of benzene rings is 5. The molecular formula is C36H28N4O2. The molecule has 7 rings (SSSR count). The maximum atomic E-state index is 11.3. The van der Waals surface area contributed by atoms with Crippen LogP contribution in [0, 0.1) is 10.1 Å². The van der Waals surface area contributed by atoms with E-state index in [4.69, 9.17) is 5.10 Å². The van der Waals surface area contributed by atoms with Gasteiger partial charge in [0, 0.05) is 41.6 Å². The number of nitro groups is 1. The number of hydrazone groups is 1. The molecular weight excluding hydrogens is 520 g/mol. The summed E-state index contributed by atoms with van der Waals surface area (Å²) in [4.78, 5) is 10.9. The highest BCUT2D eigenvalue weighted by molar-refractivity contribution is 6.04. The van der Waals surface area contributed by atoms with Crippen LogP contribution < -0.4 is 5.01 Å². The van der Waals surface area contributed by atoms with E-state index in [1.807, 2.05) is 24.3 Å². The van der Waals surface area contributed by atoms with Crippen LogP contribution in [0.2, 0.25) is 0 Å². The molecule has 0 spiro atoms. The third-order valence-corrected chi connectivity index (χ3v) is 7.92. The minimum Gasteiger partial charge on any atom is -0.336 e. The standard InChI is InChI=1S/C36H28N4O2/c41-40(42)30-22-20-27(21-23-30)32-24-34(39(37-32)29-16-8-3-9-17-29)35-31-18-10-11-19-33(31)38(25-26-12-4-1-5-13-26)36(35)28-14-6-2-7-15-28/h1-23,34H,24-25H2. The first kappa shape index (κ1) is 25.5. The van der Waals surface area contributed by atoms with Gasteiger partial charge >= 0.3 is 0 Å². The molecule has 1 aliphatic rings. The molecule has 5 aromatic carbocycles. The molecule has 0 N–H and O–H groups in total. The Balaban J connectivity index is 1.44. The normalized spacial score (nSPS) is 14.7. The van der Waals surface area contributed by atoms with Gasteiger partial charge in [-0.25, -0.2) is 0 Å². The zero-order valence-corrected chi connectivity index (χ0v) is 22.9. The largest absolute Gasteiger partial charge is 0.336 e. The van der Waals surface area contributed by atoms with E-state index < -0.39 is 0 Å². The molecule has 0 amide bonds. The first-order valence-corrected chi connectivity index (χ1v) is 14.0. The molecule has 0 saturated carbocycles. The van der Waals surface area contributed by atoms with Crippen molar-refractivity contribution in [2.45, 2.75) is 19.0 Å². The van der Waals surface area contributed by atoms with Crippen molar-refractivity contribution in [2.24, 2.45) is 5.10 Å². The second-order valence-electron chi connectivity index (χ2n) is 10.5. The van der Waals surface area contributed by atoms with Crippen molar-refractivity contribution in [3.05, 3.63) is 166 Å². The van der Waals surface area contributed by atoms with Crippen LogP contribution >= 0.6 is 0 Å². The van der Waals surface area contributed by atoms with E-state index in [-0.39, 0.29) is 16.7 Å². The molecule has 0 aliphatic carbocycles. The fourth-order valence-corrected chi connectivity index (χ4v) is 6.01. The van der Waals surface area contributed by atoms with Crippen LogP contribution in [0.4, 0.5) is 11.4 Å². The summed E-state index contributed by atoms with van der Waals surface area (Å²) in [6.45, 7) is 0.736. The molecule has 2 heterocycles. The minimum absolute atomic E-state index is 0.0733. The Morgan fingerprint density at radius 1 is 0.714 bits per heavy atom. The average molecular weight is 549 g/mol. The number of rotatable bonds is 7. The number of aromatic nitrogens is 1. The van der Waals surface area contributed by atoms with Crippen LogP contribution in [-0.2, 0) is 6.54 Å². The van der Waals surface area contributed by atoms with Gasteiger partial charge in [-0.15, -0.1) is 0 Å². The van der Waals surface area contributed by atoms with E-state index in [9.17, 15) is 10.1 Å². The lowest BCUT2D eigenvalue weighted by atomic mass is 9.93.